The van der Waals surface area contributed by atoms with Crippen LogP contribution in [0.15, 0.2) is 18.3 Å². The topological polar surface area (TPSA) is 66.9 Å². The highest BCUT2D eigenvalue weighted by Crippen LogP contribution is 2.41. The Morgan fingerprint density at radius 2 is 1.83 bits per heavy atom. The highest BCUT2D eigenvalue weighted by atomic mass is 16.7. The van der Waals surface area contributed by atoms with Crippen LogP contribution >= 0.6 is 0 Å². The highest BCUT2D eigenvalue weighted by molar-refractivity contribution is 6.48. The van der Waals surface area contributed by atoms with E-state index in [9.17, 15) is 4.79 Å². The SMILES string of the molecule is COC(=O)CC(B1OC(C)(C)C(C)(C)O1)c1ccc(OC)nc1. The van der Waals surface area contributed by atoms with Crippen molar-refractivity contribution in [1.29, 1.82) is 0 Å². The third-order valence-electron chi connectivity index (χ3n) is 4.61. The standard InChI is InChI=1S/C16H24BNO5/c1-15(2)16(3,4)23-17(22-15)12(9-14(19)21-6)11-7-8-13(20-5)18-10-11/h7-8,10,12H,9H2,1-6H3. The summed E-state index contributed by atoms with van der Waals surface area (Å²) in [5.74, 6) is -0.109. The Hall–Kier alpha value is -1.60. The minimum Gasteiger partial charge on any atom is -0.481 e. The van der Waals surface area contributed by atoms with Crippen molar-refractivity contribution in [2.75, 3.05) is 14.2 Å². The monoisotopic (exact) mass is 321 g/mol. The van der Waals surface area contributed by atoms with Gasteiger partial charge in [-0.15, -0.1) is 0 Å². The third-order valence-corrected chi connectivity index (χ3v) is 4.61. The lowest BCUT2D eigenvalue weighted by Crippen LogP contribution is -2.41. The number of esters is 1. The molecule has 23 heavy (non-hydrogen) atoms. The van der Waals surface area contributed by atoms with Crippen molar-refractivity contribution < 1.29 is 23.6 Å². The van der Waals surface area contributed by atoms with Crippen LogP contribution < -0.4 is 4.74 Å². The predicted octanol–water partition coefficient (Wildman–Crippen LogP) is 2.37. The molecule has 0 saturated carbocycles. The molecule has 1 saturated heterocycles. The van der Waals surface area contributed by atoms with Gasteiger partial charge >= 0.3 is 13.1 Å². The molecule has 0 bridgehead atoms. The zero-order chi connectivity index (χ0) is 17.3. The fraction of sp³-hybridized carbons (Fsp3) is 0.625. The minimum atomic E-state index is -0.547. The normalized spacial score (nSPS) is 20.2. The second kappa shape index (κ2) is 6.49. The number of hydrogen-bond donors (Lipinski definition) is 0. The lowest BCUT2D eigenvalue weighted by Gasteiger charge is -2.32. The summed E-state index contributed by atoms with van der Waals surface area (Å²) in [5, 5.41) is 0. The van der Waals surface area contributed by atoms with Gasteiger partial charge in [-0.05, 0) is 33.3 Å². The van der Waals surface area contributed by atoms with E-state index in [2.05, 4.69) is 4.98 Å². The van der Waals surface area contributed by atoms with E-state index in [0.29, 0.717) is 5.88 Å². The number of hydrogen-bond acceptors (Lipinski definition) is 6. The van der Waals surface area contributed by atoms with E-state index in [4.69, 9.17) is 18.8 Å². The Labute approximate surface area is 137 Å². The number of carbonyl (C=O) groups excluding carboxylic acids is 1. The number of pyridine rings is 1. The van der Waals surface area contributed by atoms with Crippen LogP contribution in [0.1, 0.15) is 45.5 Å². The Morgan fingerprint density at radius 3 is 2.26 bits per heavy atom. The summed E-state index contributed by atoms with van der Waals surface area (Å²) in [6, 6.07) is 3.62. The van der Waals surface area contributed by atoms with Gasteiger partial charge in [0.05, 0.1) is 31.8 Å². The van der Waals surface area contributed by atoms with Crippen LogP contribution in [0, 0.1) is 0 Å². The second-order valence-electron chi connectivity index (χ2n) is 6.65. The largest absolute Gasteiger partial charge is 0.481 e. The number of methoxy groups -OCH3 is 2. The van der Waals surface area contributed by atoms with Gasteiger partial charge in [0.2, 0.25) is 5.88 Å². The van der Waals surface area contributed by atoms with Crippen molar-refractivity contribution in [1.82, 2.24) is 4.98 Å². The molecule has 1 aliphatic rings. The van der Waals surface area contributed by atoms with E-state index in [-0.39, 0.29) is 18.2 Å². The van der Waals surface area contributed by atoms with Gasteiger partial charge in [-0.3, -0.25) is 4.79 Å². The molecule has 126 valence electrons. The maximum absolute atomic E-state index is 11.8. The van der Waals surface area contributed by atoms with Crippen LogP contribution in [0.3, 0.4) is 0 Å². The lowest BCUT2D eigenvalue weighted by molar-refractivity contribution is -0.140. The summed E-state index contributed by atoms with van der Waals surface area (Å²) < 4.78 is 22.1. The van der Waals surface area contributed by atoms with Crippen molar-refractivity contribution in [2.45, 2.75) is 51.1 Å². The van der Waals surface area contributed by atoms with Crippen LogP contribution in [0.2, 0.25) is 0 Å². The molecule has 2 heterocycles. The van der Waals surface area contributed by atoms with E-state index in [0.717, 1.165) is 5.56 Å². The first-order chi connectivity index (χ1) is 10.7. The van der Waals surface area contributed by atoms with Gasteiger partial charge in [0.25, 0.3) is 0 Å². The molecular formula is C16H24BNO5. The van der Waals surface area contributed by atoms with Crippen LogP contribution in [0.5, 0.6) is 5.88 Å². The maximum atomic E-state index is 11.8. The molecule has 2 rings (SSSR count). The Bertz CT molecular complexity index is 542. The van der Waals surface area contributed by atoms with E-state index in [1.54, 1.807) is 19.4 Å². The van der Waals surface area contributed by atoms with Crippen LogP contribution in [-0.2, 0) is 18.8 Å². The van der Waals surface area contributed by atoms with E-state index in [1.807, 2.05) is 33.8 Å². The first-order valence-corrected chi connectivity index (χ1v) is 7.62. The Balaban J connectivity index is 2.29. The third kappa shape index (κ3) is 3.67. The summed E-state index contributed by atoms with van der Waals surface area (Å²) in [7, 11) is 2.38. The molecule has 0 radical (unpaired) electrons. The lowest BCUT2D eigenvalue weighted by atomic mass is 9.66. The zero-order valence-electron chi connectivity index (χ0n) is 14.6. The molecule has 1 atom stereocenters. The molecule has 0 aliphatic carbocycles. The number of carbonyl (C=O) groups is 1. The van der Waals surface area contributed by atoms with Crippen molar-refractivity contribution in [2.24, 2.45) is 0 Å². The fourth-order valence-electron chi connectivity index (χ4n) is 2.42. The smallest absolute Gasteiger partial charge is 0.466 e. The number of ether oxygens (including phenoxy) is 2. The van der Waals surface area contributed by atoms with E-state index in [1.165, 1.54) is 7.11 Å². The molecule has 1 unspecified atom stereocenters. The van der Waals surface area contributed by atoms with Crippen LogP contribution in [-0.4, -0.2) is 43.5 Å². The molecule has 6 nitrogen and oxygen atoms in total. The first kappa shape index (κ1) is 17.8. The average Bonchev–Trinajstić information content (AvgIpc) is 2.72. The van der Waals surface area contributed by atoms with Gasteiger partial charge in [0, 0.05) is 18.1 Å². The molecule has 0 N–H and O–H groups in total. The van der Waals surface area contributed by atoms with E-state index < -0.39 is 18.3 Å². The fourth-order valence-corrected chi connectivity index (χ4v) is 2.42. The molecule has 0 amide bonds. The second-order valence-corrected chi connectivity index (χ2v) is 6.65. The molecule has 7 heteroatoms. The molecule has 1 aromatic rings. The maximum Gasteiger partial charge on any atom is 0.466 e. The van der Waals surface area contributed by atoms with Gasteiger partial charge in [0.15, 0.2) is 0 Å². The molecule has 1 aromatic heterocycles. The first-order valence-electron chi connectivity index (χ1n) is 7.62. The summed E-state index contributed by atoms with van der Waals surface area (Å²) >= 11 is 0. The number of nitrogens with zero attached hydrogens (tertiary/aromatic N) is 1. The summed E-state index contributed by atoms with van der Waals surface area (Å²) in [6.45, 7) is 7.92. The van der Waals surface area contributed by atoms with Gasteiger partial charge in [-0.2, -0.15) is 0 Å². The average molecular weight is 321 g/mol. The minimum absolute atomic E-state index is 0.154. The molecule has 1 aliphatic heterocycles. The van der Waals surface area contributed by atoms with Crippen molar-refractivity contribution >= 4 is 13.1 Å². The highest BCUT2D eigenvalue weighted by Gasteiger charge is 2.54. The van der Waals surface area contributed by atoms with Crippen molar-refractivity contribution in [3.8, 4) is 5.88 Å². The summed E-state index contributed by atoms with van der Waals surface area (Å²) in [5.41, 5.74) is -0.0904. The Morgan fingerprint density at radius 1 is 1.22 bits per heavy atom. The molecule has 0 aromatic carbocycles. The predicted molar refractivity (Wildman–Crippen MR) is 86.2 cm³/mol. The van der Waals surface area contributed by atoms with Crippen molar-refractivity contribution in [3.63, 3.8) is 0 Å². The summed E-state index contributed by atoms with van der Waals surface area (Å²) in [6.07, 6.45) is 1.83. The van der Waals surface area contributed by atoms with Gasteiger partial charge in [-0.25, -0.2) is 4.98 Å². The molecular weight excluding hydrogens is 297 g/mol. The van der Waals surface area contributed by atoms with E-state index >= 15 is 0 Å². The van der Waals surface area contributed by atoms with Gasteiger partial charge in [-0.1, -0.05) is 6.07 Å². The van der Waals surface area contributed by atoms with Crippen LogP contribution in [0.25, 0.3) is 0 Å². The summed E-state index contributed by atoms with van der Waals surface area (Å²) in [4.78, 5) is 16.0. The van der Waals surface area contributed by atoms with Crippen molar-refractivity contribution in [3.05, 3.63) is 23.9 Å². The van der Waals surface area contributed by atoms with Gasteiger partial charge in [0.1, 0.15) is 0 Å². The van der Waals surface area contributed by atoms with Crippen LogP contribution in [0.4, 0.5) is 0 Å². The number of rotatable bonds is 5. The van der Waals surface area contributed by atoms with Gasteiger partial charge < -0.3 is 18.8 Å². The molecule has 1 fully saturated rings. The quantitative estimate of drug-likeness (QED) is 0.613. The zero-order valence-corrected chi connectivity index (χ0v) is 14.6. The Kier molecular flexibility index (Phi) is 5.01. The molecule has 0 spiro atoms. The number of aromatic nitrogens is 1.